The van der Waals surface area contributed by atoms with Gasteiger partial charge >= 0.3 is 5.69 Å². The number of rotatable bonds is 17. The number of aromatic amines is 1. The van der Waals surface area contributed by atoms with E-state index in [1.165, 1.54) is 41.0 Å². The monoisotopic (exact) mass is 945 g/mol. The van der Waals surface area contributed by atoms with Gasteiger partial charge in [0, 0.05) is 100 Å². The molecular weight excluding hydrogens is 893 g/mol. The third-order valence-corrected chi connectivity index (χ3v) is 13.3. The van der Waals surface area contributed by atoms with Crippen LogP contribution in [0, 0.1) is 16.0 Å². The number of aromatic nitrogens is 2. The number of hydrogen-bond acceptors (Lipinski definition) is 12. The number of allylic oxidation sites excluding steroid dienone is 1. The number of carbonyl (C=O) groups excluding carboxylic acids is 2. The Labute approximate surface area is 387 Å². The van der Waals surface area contributed by atoms with Gasteiger partial charge in [-0.05, 0) is 78.9 Å². The third-order valence-electron chi connectivity index (χ3n) is 11.8. The Morgan fingerprint density at radius 3 is 2.39 bits per heavy atom. The lowest BCUT2D eigenvalue weighted by atomic mass is 9.92. The molecule has 2 amide bonds. The number of likely N-dealkylation sites (tertiary alicyclic amines) is 1. The van der Waals surface area contributed by atoms with Crippen molar-refractivity contribution in [3.8, 4) is 17.2 Å². The van der Waals surface area contributed by atoms with E-state index in [0.29, 0.717) is 35.4 Å². The fourth-order valence-electron chi connectivity index (χ4n) is 8.16. The predicted octanol–water partition coefficient (Wildman–Crippen LogP) is 8.03. The van der Waals surface area contributed by atoms with Crippen molar-refractivity contribution < 1.29 is 41.5 Å². The molecule has 0 aliphatic carbocycles. The van der Waals surface area contributed by atoms with Gasteiger partial charge in [0.2, 0.25) is 5.91 Å². The summed E-state index contributed by atoms with van der Waals surface area (Å²) < 4.78 is 61.8. The number of nitro groups is 1. The molecule has 2 fully saturated rings. The second-order valence-corrected chi connectivity index (χ2v) is 19.2. The summed E-state index contributed by atoms with van der Waals surface area (Å²) in [6.45, 7) is 9.78. The second kappa shape index (κ2) is 20.6. The Hall–Kier alpha value is -6.08. The van der Waals surface area contributed by atoms with Gasteiger partial charge in [0.1, 0.15) is 36.0 Å². The van der Waals surface area contributed by atoms with Crippen molar-refractivity contribution in [2.24, 2.45) is 5.92 Å². The summed E-state index contributed by atoms with van der Waals surface area (Å²) in [6, 6.07) is 19.2. The Bertz CT molecular complexity index is 2710. The molecule has 0 saturated carbocycles. The highest BCUT2D eigenvalue weighted by Gasteiger charge is 2.38. The summed E-state index contributed by atoms with van der Waals surface area (Å²) in [5, 5.41) is 13.6. The first kappa shape index (κ1) is 47.9. The lowest BCUT2D eigenvalue weighted by molar-refractivity contribution is -0.386. The number of amides is 2. The van der Waals surface area contributed by atoms with E-state index in [4.69, 9.17) is 25.8 Å². The minimum Gasteiger partial charge on any atom is -0.483 e. The molecular formula is C47H53ClFN7O9S. The number of fused-ring (bicyclic) bond motifs is 1. The van der Waals surface area contributed by atoms with Crippen molar-refractivity contribution in [1.82, 2.24) is 24.5 Å². The van der Waals surface area contributed by atoms with Gasteiger partial charge in [0.25, 0.3) is 15.9 Å². The van der Waals surface area contributed by atoms with E-state index in [-0.39, 0.29) is 55.5 Å². The van der Waals surface area contributed by atoms with Crippen molar-refractivity contribution >= 4 is 61.4 Å². The van der Waals surface area contributed by atoms with E-state index in [1.807, 2.05) is 22.9 Å². The van der Waals surface area contributed by atoms with Gasteiger partial charge in [0.15, 0.2) is 5.75 Å². The smallest absolute Gasteiger partial charge is 0.312 e. The molecule has 3 aromatic carbocycles. The number of nitrogens with zero attached hydrogens (tertiary/aromatic N) is 5. The molecule has 0 unspecified atom stereocenters. The molecule has 0 bridgehead atoms. The highest BCUT2D eigenvalue weighted by Crippen LogP contribution is 2.36. The lowest BCUT2D eigenvalue weighted by Gasteiger charge is -2.37. The SMILES string of the molecule is COCC(=O)N1CCC(F)(COc2ccc(S(=O)(=O)NC(=O)c3ccc(N4CCN(C/C(C)=C(/CC(C)C)c5ccc(Cl)cc5)CC4)cc3Oc3cnc4[nH]ccc4c3)cc2[N+](=O)[O-])CC1. The third kappa shape index (κ3) is 11.6. The zero-order chi connectivity index (χ0) is 47.2. The first-order valence-electron chi connectivity index (χ1n) is 21.6. The molecule has 4 heterocycles. The summed E-state index contributed by atoms with van der Waals surface area (Å²) in [4.78, 5) is 50.2. The summed E-state index contributed by atoms with van der Waals surface area (Å²) in [6.07, 6.45) is 4.01. The van der Waals surface area contributed by atoms with Crippen LogP contribution in [0.3, 0.4) is 0 Å². The summed E-state index contributed by atoms with van der Waals surface area (Å²) >= 11 is 6.20. The maximum atomic E-state index is 15.7. The molecule has 7 rings (SSSR count). The maximum absolute atomic E-state index is 15.7. The number of nitrogens with one attached hydrogen (secondary N) is 2. The van der Waals surface area contributed by atoms with Crippen LogP contribution in [0.4, 0.5) is 15.8 Å². The summed E-state index contributed by atoms with van der Waals surface area (Å²) in [7, 11) is -3.33. The number of carbonyl (C=O) groups is 2. The van der Waals surface area contributed by atoms with E-state index in [2.05, 4.69) is 52.7 Å². The zero-order valence-electron chi connectivity index (χ0n) is 37.2. The van der Waals surface area contributed by atoms with Crippen molar-refractivity contribution in [3.05, 3.63) is 117 Å². The number of benzene rings is 3. The van der Waals surface area contributed by atoms with Crippen molar-refractivity contribution in [2.75, 3.05) is 71.0 Å². The van der Waals surface area contributed by atoms with Crippen LogP contribution >= 0.6 is 11.6 Å². The number of sulfonamides is 1. The topological polar surface area (TPSA) is 190 Å². The first-order chi connectivity index (χ1) is 31.5. The molecule has 2 aliphatic heterocycles. The van der Waals surface area contributed by atoms with Gasteiger partial charge in [0.05, 0.1) is 21.6 Å². The number of pyridine rings is 1. The second-order valence-electron chi connectivity index (χ2n) is 17.1. The van der Waals surface area contributed by atoms with Crippen LogP contribution in [0.15, 0.2) is 95.7 Å². The normalized spacial score (nSPS) is 16.0. The average molecular weight is 946 g/mol. The Morgan fingerprint density at radius 1 is 0.985 bits per heavy atom. The molecule has 0 atom stereocenters. The fraction of sp³-hybridized carbons (Fsp3) is 0.383. The minimum absolute atomic E-state index is 0.0585. The highest BCUT2D eigenvalue weighted by molar-refractivity contribution is 7.90. The molecule has 16 nitrogen and oxygen atoms in total. The van der Waals surface area contributed by atoms with Crippen molar-refractivity contribution in [3.63, 3.8) is 0 Å². The molecule has 2 saturated heterocycles. The van der Waals surface area contributed by atoms with Crippen molar-refractivity contribution in [1.29, 1.82) is 0 Å². The van der Waals surface area contributed by atoms with Crippen LogP contribution in [-0.4, -0.2) is 117 Å². The highest BCUT2D eigenvalue weighted by atomic mass is 35.5. The van der Waals surface area contributed by atoms with Crippen LogP contribution < -0.4 is 19.1 Å². The minimum atomic E-state index is -4.72. The van der Waals surface area contributed by atoms with Gasteiger partial charge in [-0.1, -0.05) is 43.2 Å². The van der Waals surface area contributed by atoms with Crippen molar-refractivity contribution in [2.45, 2.75) is 50.6 Å². The fourth-order valence-corrected chi connectivity index (χ4v) is 9.27. The predicted molar refractivity (Wildman–Crippen MR) is 250 cm³/mol. The van der Waals surface area contributed by atoms with Crippen LogP contribution in [0.25, 0.3) is 16.6 Å². The Morgan fingerprint density at radius 2 is 1.71 bits per heavy atom. The molecule has 2 aromatic heterocycles. The number of piperazine rings is 1. The number of halogens is 2. The number of hydrogen-bond donors (Lipinski definition) is 2. The number of nitro benzene ring substituents is 1. The number of anilines is 1. The molecule has 5 aromatic rings. The van der Waals surface area contributed by atoms with Crippen LogP contribution in [0.2, 0.25) is 5.02 Å². The lowest BCUT2D eigenvalue weighted by Crippen LogP contribution is -2.48. The van der Waals surface area contributed by atoms with Gasteiger partial charge < -0.3 is 29.0 Å². The zero-order valence-corrected chi connectivity index (χ0v) is 38.8. The van der Waals surface area contributed by atoms with Gasteiger partial charge in [-0.25, -0.2) is 22.5 Å². The Balaban J connectivity index is 1.07. The molecule has 66 heavy (non-hydrogen) atoms. The number of methoxy groups -OCH3 is 1. The number of alkyl halides is 1. The Kier molecular flexibility index (Phi) is 15.0. The number of H-pyrrole nitrogens is 1. The molecule has 0 radical (unpaired) electrons. The van der Waals surface area contributed by atoms with Gasteiger partial charge in [-0.2, -0.15) is 0 Å². The standard InChI is InChI=1S/C47H53ClFN7O9S/c1-31(2)23-40(33-5-7-35(48)8-6-33)32(3)28-53-19-21-54(22-20-53)36-9-11-39(43(25-36)65-37-24-34-13-16-50-45(34)51-27-37)46(58)52-66(61,62)38-10-12-42(41(26-38)56(59)60)64-30-47(49)14-17-55(18-15-47)44(57)29-63-4/h5-13,16,24-27,31H,14-15,17-23,28-30H2,1-4H3,(H,50,51)(H,52,58)/b40-32-. The quantitative estimate of drug-likeness (QED) is 0.0676. The largest absolute Gasteiger partial charge is 0.483 e. The average Bonchev–Trinajstić information content (AvgIpc) is 3.76. The van der Waals surface area contributed by atoms with Crippen LogP contribution in [-0.2, 0) is 19.6 Å². The van der Waals surface area contributed by atoms with E-state index in [0.717, 1.165) is 55.3 Å². The van der Waals surface area contributed by atoms with Crippen LogP contribution in [0.1, 0.15) is 56.0 Å². The van der Waals surface area contributed by atoms with Gasteiger partial charge in [-0.3, -0.25) is 24.6 Å². The van der Waals surface area contributed by atoms with Gasteiger partial charge in [-0.15, -0.1) is 0 Å². The van der Waals surface area contributed by atoms with E-state index >= 15 is 4.39 Å². The molecule has 19 heteroatoms. The van der Waals surface area contributed by atoms with Crippen LogP contribution in [0.5, 0.6) is 17.2 Å². The molecule has 2 N–H and O–H groups in total. The first-order valence-corrected chi connectivity index (χ1v) is 23.5. The number of ether oxygens (including phenoxy) is 3. The van der Waals surface area contributed by atoms with E-state index < -0.39 is 43.7 Å². The maximum Gasteiger partial charge on any atom is 0.312 e. The molecule has 2 aliphatic rings. The van der Waals surface area contributed by atoms with E-state index in [9.17, 15) is 28.1 Å². The molecule has 350 valence electrons. The summed E-state index contributed by atoms with van der Waals surface area (Å²) in [5.74, 6) is -0.858. The summed E-state index contributed by atoms with van der Waals surface area (Å²) in [5.41, 5.74) is 2.39. The van der Waals surface area contributed by atoms with E-state index in [1.54, 1.807) is 24.4 Å². The number of piperidine rings is 1. The molecule has 0 spiro atoms.